The Morgan fingerprint density at radius 2 is 0.714 bits per heavy atom. The second-order valence-corrected chi connectivity index (χ2v) is 16.3. The number of ether oxygens (including phenoxy) is 2. The minimum atomic E-state index is -0.129. The molecule has 318 valence electrons. The molecule has 0 saturated carbocycles. The van der Waals surface area contributed by atoms with Gasteiger partial charge in [0.2, 0.25) is 0 Å². The van der Waals surface area contributed by atoms with Gasteiger partial charge >= 0.3 is 11.9 Å². The van der Waals surface area contributed by atoms with Gasteiger partial charge in [0.15, 0.2) is 0 Å². The van der Waals surface area contributed by atoms with Crippen LogP contribution in [0.1, 0.15) is 193 Å². The number of nitrogens with zero attached hydrogens (tertiary/aromatic N) is 2. The van der Waals surface area contributed by atoms with Gasteiger partial charge in [0.1, 0.15) is 13.2 Å². The van der Waals surface area contributed by atoms with Crippen molar-refractivity contribution >= 4 is 11.9 Å². The van der Waals surface area contributed by atoms with Crippen LogP contribution in [-0.2, 0) is 32.3 Å². The molecule has 0 aliphatic rings. The minimum absolute atomic E-state index is 0.129. The van der Waals surface area contributed by atoms with Crippen molar-refractivity contribution in [2.75, 3.05) is 39.3 Å². The summed E-state index contributed by atoms with van der Waals surface area (Å²) in [6.45, 7) is 15.4. The van der Waals surface area contributed by atoms with Gasteiger partial charge in [-0.05, 0) is 86.2 Å². The Labute approximate surface area is 344 Å². The first-order valence-corrected chi connectivity index (χ1v) is 23.4. The summed E-state index contributed by atoms with van der Waals surface area (Å²) in [6, 6.07) is 16.4. The number of carbonyl (C=O) groups excluding carboxylic acids is 2. The van der Waals surface area contributed by atoms with Crippen LogP contribution in [0.2, 0.25) is 0 Å². The van der Waals surface area contributed by atoms with Gasteiger partial charge in [0.25, 0.3) is 0 Å². The maximum Gasteiger partial charge on any atom is 0.307 e. The molecule has 0 aliphatic carbocycles. The molecule has 0 aromatic heterocycles. The molecule has 56 heavy (non-hydrogen) atoms. The van der Waals surface area contributed by atoms with Crippen molar-refractivity contribution < 1.29 is 19.1 Å². The van der Waals surface area contributed by atoms with Gasteiger partial charge in [0, 0.05) is 13.1 Å². The zero-order valence-corrected chi connectivity index (χ0v) is 36.8. The third-order valence-electron chi connectivity index (χ3n) is 11.1. The van der Waals surface area contributed by atoms with E-state index in [2.05, 4.69) is 61.8 Å². The maximum atomic E-state index is 12.9. The van der Waals surface area contributed by atoms with Crippen molar-refractivity contribution in [3.05, 3.63) is 59.7 Å². The average molecular weight is 777 g/mol. The number of unbranched alkanes of at least 4 members (excludes halogenated alkanes) is 18. The molecular weight excluding hydrogens is 693 g/mol. The Morgan fingerprint density at radius 3 is 1.04 bits per heavy atom. The topological polar surface area (TPSA) is 59.1 Å². The summed E-state index contributed by atoms with van der Waals surface area (Å²) in [5, 5.41) is 0. The van der Waals surface area contributed by atoms with Crippen LogP contribution < -0.4 is 0 Å². The molecular formula is C50H84N2O4. The van der Waals surface area contributed by atoms with Crippen LogP contribution in [0, 0.1) is 0 Å². The lowest BCUT2D eigenvalue weighted by Crippen LogP contribution is -2.29. The molecule has 0 radical (unpaired) electrons. The number of benzene rings is 2. The number of rotatable bonds is 37. The fourth-order valence-electron chi connectivity index (χ4n) is 7.43. The van der Waals surface area contributed by atoms with E-state index in [0.717, 1.165) is 61.5 Å². The molecule has 0 amide bonds. The molecule has 0 bridgehead atoms. The fraction of sp³-hybridized carbons (Fsp3) is 0.720. The van der Waals surface area contributed by atoms with Crippen LogP contribution in [0.15, 0.2) is 48.5 Å². The summed E-state index contributed by atoms with van der Waals surface area (Å²) in [6.07, 6.45) is 29.1. The van der Waals surface area contributed by atoms with Crippen LogP contribution in [0.25, 0.3) is 11.1 Å². The Hall–Kier alpha value is -2.70. The van der Waals surface area contributed by atoms with Gasteiger partial charge < -0.3 is 19.3 Å². The van der Waals surface area contributed by atoms with Gasteiger partial charge in [0.05, 0.1) is 12.8 Å². The lowest BCUT2D eigenvalue weighted by Gasteiger charge is -2.22. The van der Waals surface area contributed by atoms with Crippen molar-refractivity contribution in [3.63, 3.8) is 0 Å². The highest BCUT2D eigenvalue weighted by atomic mass is 16.5. The Bertz CT molecular complexity index is 1150. The molecule has 2 aromatic carbocycles. The normalized spacial score (nSPS) is 11.5. The molecule has 0 spiro atoms. The molecule has 6 nitrogen and oxygen atoms in total. The smallest absolute Gasteiger partial charge is 0.307 e. The highest BCUT2D eigenvalue weighted by Crippen LogP contribution is 2.23. The summed E-state index contributed by atoms with van der Waals surface area (Å²) in [7, 11) is 0. The first-order chi connectivity index (χ1) is 27.5. The minimum Gasteiger partial charge on any atom is -0.461 e. The Kier molecular flexibility index (Phi) is 30.3. The number of hydrogen-bond donors (Lipinski definition) is 0. The second kappa shape index (κ2) is 34.4. The summed E-state index contributed by atoms with van der Waals surface area (Å²) < 4.78 is 11.6. The largest absolute Gasteiger partial charge is 0.461 e. The molecule has 0 aliphatic heterocycles. The van der Waals surface area contributed by atoms with Crippen LogP contribution in [-0.4, -0.2) is 61.0 Å². The highest BCUT2D eigenvalue weighted by molar-refractivity contribution is 5.70. The molecule has 0 atom stereocenters. The summed E-state index contributed by atoms with van der Waals surface area (Å²) >= 11 is 0. The number of esters is 2. The first-order valence-electron chi connectivity index (χ1n) is 23.4. The van der Waals surface area contributed by atoms with E-state index in [4.69, 9.17) is 9.47 Å². The zero-order chi connectivity index (χ0) is 40.3. The molecule has 0 unspecified atom stereocenters. The summed E-state index contributed by atoms with van der Waals surface area (Å²) in [5.41, 5.74) is 4.07. The third kappa shape index (κ3) is 25.5. The zero-order valence-electron chi connectivity index (χ0n) is 36.8. The number of hydrogen-bond acceptors (Lipinski definition) is 6. The van der Waals surface area contributed by atoms with Gasteiger partial charge in [-0.2, -0.15) is 0 Å². The van der Waals surface area contributed by atoms with E-state index in [9.17, 15) is 9.59 Å². The van der Waals surface area contributed by atoms with Crippen molar-refractivity contribution in [1.82, 2.24) is 9.80 Å². The Balaban J connectivity index is 1.83. The quantitative estimate of drug-likeness (QED) is 0.0503. The molecule has 2 aromatic rings. The number of carbonyl (C=O) groups is 2. The monoisotopic (exact) mass is 777 g/mol. The van der Waals surface area contributed by atoms with Crippen molar-refractivity contribution in [2.45, 2.75) is 195 Å². The van der Waals surface area contributed by atoms with Gasteiger partial charge in [-0.25, -0.2) is 0 Å². The molecule has 6 heteroatoms. The van der Waals surface area contributed by atoms with Crippen LogP contribution in [0.3, 0.4) is 0 Å². The summed E-state index contributed by atoms with van der Waals surface area (Å²) in [4.78, 5) is 30.7. The van der Waals surface area contributed by atoms with Crippen LogP contribution >= 0.6 is 0 Å². The van der Waals surface area contributed by atoms with Crippen LogP contribution in [0.5, 0.6) is 0 Å². The first kappa shape index (κ1) is 49.4. The standard InChI is InChI=1S/C50H84N2O4/c1-5-9-13-17-21-25-37-51(35-23-19-15-11-7-3)39-33-49(53)55-43-45-29-27-31-47(41-45)48-32-28-30-46(42-48)44-56-50(54)34-40-52(36-24-20-16-12-8-4)38-26-22-18-14-10-6-2/h27-32,41-42H,5-26,33-40,43-44H2,1-4H3. The van der Waals surface area contributed by atoms with Crippen molar-refractivity contribution in [2.24, 2.45) is 0 Å². The van der Waals surface area contributed by atoms with E-state index in [-0.39, 0.29) is 25.2 Å². The highest BCUT2D eigenvalue weighted by Gasteiger charge is 2.12. The lowest BCUT2D eigenvalue weighted by atomic mass is 10.0. The van der Waals surface area contributed by atoms with E-state index >= 15 is 0 Å². The van der Waals surface area contributed by atoms with E-state index in [1.165, 1.54) is 141 Å². The SMILES string of the molecule is CCCCCCCCN(CCCCCCC)CCC(=O)OCc1cccc(-c2cccc(COC(=O)CCN(CCCCCCC)CCCCCCCC)c2)c1. The average Bonchev–Trinajstić information content (AvgIpc) is 3.22. The van der Waals surface area contributed by atoms with E-state index in [0.29, 0.717) is 12.8 Å². The molecule has 0 N–H and O–H groups in total. The molecule has 0 saturated heterocycles. The summed E-state index contributed by atoms with van der Waals surface area (Å²) in [5.74, 6) is -0.258. The van der Waals surface area contributed by atoms with Crippen molar-refractivity contribution in [1.29, 1.82) is 0 Å². The molecule has 2 rings (SSSR count). The molecule has 0 fully saturated rings. The molecule has 0 heterocycles. The van der Waals surface area contributed by atoms with Crippen molar-refractivity contribution in [3.8, 4) is 11.1 Å². The van der Waals surface area contributed by atoms with Gasteiger partial charge in [-0.15, -0.1) is 0 Å². The van der Waals surface area contributed by atoms with E-state index < -0.39 is 0 Å². The maximum absolute atomic E-state index is 12.9. The predicted octanol–water partition coefficient (Wildman–Crippen LogP) is 13.5. The van der Waals surface area contributed by atoms with Gasteiger partial charge in [-0.3, -0.25) is 9.59 Å². The Morgan fingerprint density at radius 1 is 0.411 bits per heavy atom. The third-order valence-corrected chi connectivity index (χ3v) is 11.1. The predicted molar refractivity (Wildman–Crippen MR) is 238 cm³/mol. The van der Waals surface area contributed by atoms with E-state index in [1.807, 2.05) is 24.3 Å². The second-order valence-electron chi connectivity index (χ2n) is 16.3. The lowest BCUT2D eigenvalue weighted by molar-refractivity contribution is -0.146. The fourth-order valence-corrected chi connectivity index (χ4v) is 7.43. The van der Waals surface area contributed by atoms with Gasteiger partial charge in [-0.1, -0.05) is 180 Å². The van der Waals surface area contributed by atoms with E-state index in [1.54, 1.807) is 0 Å². The van der Waals surface area contributed by atoms with Crippen LogP contribution in [0.4, 0.5) is 0 Å².